The van der Waals surface area contributed by atoms with Crippen molar-refractivity contribution in [1.29, 1.82) is 0 Å². The summed E-state index contributed by atoms with van der Waals surface area (Å²) in [7, 11) is 0. The molecule has 0 aliphatic carbocycles. The second-order valence-corrected chi connectivity index (χ2v) is 5.93. The Balaban J connectivity index is 1.83. The summed E-state index contributed by atoms with van der Waals surface area (Å²) in [5.74, 6) is -0.351. The van der Waals surface area contributed by atoms with Gasteiger partial charge in [0.25, 0.3) is 5.91 Å². The molecule has 1 aliphatic rings. The Morgan fingerprint density at radius 2 is 2.09 bits per heavy atom. The smallest absolute Gasteiger partial charge is 0.272 e. The number of H-pyrrole nitrogens is 1. The maximum atomic E-state index is 12.7. The number of nitrogens with one attached hydrogen (secondary N) is 2. The number of carbonyl (C=O) groups excluding carboxylic acids is 2. The first-order valence-corrected chi connectivity index (χ1v) is 7.84. The van der Waals surface area contributed by atoms with Crippen molar-refractivity contribution in [3.05, 3.63) is 41.0 Å². The van der Waals surface area contributed by atoms with Crippen LogP contribution < -0.4 is 5.32 Å². The molecule has 3 rings (SSSR count). The zero-order chi connectivity index (χ0) is 16.4. The number of aromatic amines is 1. The summed E-state index contributed by atoms with van der Waals surface area (Å²) >= 11 is 5.87. The van der Waals surface area contributed by atoms with Crippen molar-refractivity contribution in [1.82, 2.24) is 20.4 Å². The number of halogens is 1. The van der Waals surface area contributed by atoms with Crippen LogP contribution in [0.5, 0.6) is 0 Å². The van der Waals surface area contributed by atoms with Crippen LogP contribution in [-0.2, 0) is 4.79 Å². The number of carbonyl (C=O) groups is 2. The van der Waals surface area contributed by atoms with Crippen LogP contribution in [0.1, 0.15) is 23.8 Å². The van der Waals surface area contributed by atoms with E-state index in [1.165, 1.54) is 0 Å². The van der Waals surface area contributed by atoms with Gasteiger partial charge < -0.3 is 10.2 Å². The highest BCUT2D eigenvalue weighted by Gasteiger charge is 2.29. The van der Waals surface area contributed by atoms with Crippen LogP contribution in [0.15, 0.2) is 30.3 Å². The fourth-order valence-electron chi connectivity index (χ4n) is 2.58. The van der Waals surface area contributed by atoms with E-state index in [1.807, 2.05) is 12.1 Å². The molecule has 0 unspecified atom stereocenters. The highest BCUT2D eigenvalue weighted by Crippen LogP contribution is 2.21. The van der Waals surface area contributed by atoms with Crippen molar-refractivity contribution >= 4 is 23.4 Å². The third-order valence-corrected chi connectivity index (χ3v) is 4.18. The van der Waals surface area contributed by atoms with E-state index in [9.17, 15) is 9.59 Å². The lowest BCUT2D eigenvalue weighted by Crippen LogP contribution is -2.45. The monoisotopic (exact) mass is 332 g/mol. The van der Waals surface area contributed by atoms with E-state index in [0.29, 0.717) is 29.5 Å². The van der Waals surface area contributed by atoms with E-state index in [4.69, 9.17) is 11.6 Å². The first-order chi connectivity index (χ1) is 11.1. The lowest BCUT2D eigenvalue weighted by Gasteiger charge is -2.24. The maximum Gasteiger partial charge on any atom is 0.272 e. The molecule has 2 amide bonds. The van der Waals surface area contributed by atoms with Gasteiger partial charge >= 0.3 is 0 Å². The van der Waals surface area contributed by atoms with Crippen LogP contribution in [0.4, 0.5) is 0 Å². The average Bonchev–Trinajstić information content (AvgIpc) is 2.98. The molecule has 2 N–H and O–H groups in total. The normalized spacial score (nSPS) is 18.4. The minimum atomic E-state index is -0.493. The summed E-state index contributed by atoms with van der Waals surface area (Å²) < 4.78 is 0. The Kier molecular flexibility index (Phi) is 4.34. The van der Waals surface area contributed by atoms with Gasteiger partial charge in [-0.1, -0.05) is 23.7 Å². The third-order valence-electron chi connectivity index (χ3n) is 3.93. The van der Waals surface area contributed by atoms with Gasteiger partial charge in [0.15, 0.2) is 0 Å². The summed E-state index contributed by atoms with van der Waals surface area (Å²) in [5, 5.41) is 10.4. The summed E-state index contributed by atoms with van der Waals surface area (Å²) in [4.78, 5) is 26.1. The number of aromatic nitrogens is 2. The highest BCUT2D eigenvalue weighted by molar-refractivity contribution is 6.30. The van der Waals surface area contributed by atoms with Gasteiger partial charge in [-0.05, 0) is 31.5 Å². The molecule has 1 fully saturated rings. The fraction of sp³-hybridized carbons (Fsp3) is 0.312. The van der Waals surface area contributed by atoms with E-state index in [-0.39, 0.29) is 11.8 Å². The van der Waals surface area contributed by atoms with Crippen LogP contribution in [0, 0.1) is 0 Å². The van der Waals surface area contributed by atoms with Crippen molar-refractivity contribution in [2.75, 3.05) is 13.1 Å². The van der Waals surface area contributed by atoms with Gasteiger partial charge in [-0.15, -0.1) is 0 Å². The van der Waals surface area contributed by atoms with Crippen molar-refractivity contribution in [2.45, 2.75) is 19.4 Å². The predicted molar refractivity (Wildman–Crippen MR) is 87.2 cm³/mol. The minimum absolute atomic E-state index is 0.131. The number of hydrogen-bond donors (Lipinski definition) is 2. The van der Waals surface area contributed by atoms with Gasteiger partial charge in [0.05, 0.1) is 5.69 Å². The molecule has 1 saturated heterocycles. The molecule has 23 heavy (non-hydrogen) atoms. The molecule has 0 saturated carbocycles. The molecular weight excluding hydrogens is 316 g/mol. The zero-order valence-corrected chi connectivity index (χ0v) is 13.4. The minimum Gasteiger partial charge on any atom is -0.354 e. The van der Waals surface area contributed by atoms with E-state index in [0.717, 1.165) is 12.0 Å². The lowest BCUT2D eigenvalue weighted by molar-refractivity contribution is -0.124. The number of nitrogens with zero attached hydrogens (tertiary/aromatic N) is 2. The first kappa shape index (κ1) is 15.6. The van der Waals surface area contributed by atoms with Gasteiger partial charge in [0, 0.05) is 23.7 Å². The molecule has 7 heteroatoms. The van der Waals surface area contributed by atoms with Gasteiger partial charge in [-0.25, -0.2) is 0 Å². The van der Waals surface area contributed by atoms with Crippen molar-refractivity contribution < 1.29 is 9.59 Å². The predicted octanol–water partition coefficient (Wildman–Crippen LogP) is 2.08. The molecule has 1 atom stereocenters. The Hall–Kier alpha value is -2.34. The Morgan fingerprint density at radius 1 is 1.35 bits per heavy atom. The molecule has 2 aromatic rings. The van der Waals surface area contributed by atoms with Gasteiger partial charge in [-0.2, -0.15) is 5.10 Å². The van der Waals surface area contributed by atoms with Gasteiger partial charge in [0.2, 0.25) is 5.91 Å². The van der Waals surface area contributed by atoms with Crippen LogP contribution in [0.3, 0.4) is 0 Å². The fourth-order valence-corrected chi connectivity index (χ4v) is 2.70. The topological polar surface area (TPSA) is 78.1 Å². The molecule has 1 aliphatic heterocycles. The number of benzene rings is 1. The molecule has 0 radical (unpaired) electrons. The van der Waals surface area contributed by atoms with Crippen molar-refractivity contribution in [3.8, 4) is 11.3 Å². The first-order valence-electron chi connectivity index (χ1n) is 7.46. The molecule has 6 nitrogen and oxygen atoms in total. The van der Waals surface area contributed by atoms with Gasteiger partial charge in [-0.3, -0.25) is 14.7 Å². The van der Waals surface area contributed by atoms with Crippen LogP contribution >= 0.6 is 11.6 Å². The van der Waals surface area contributed by atoms with Gasteiger partial charge in [0.1, 0.15) is 11.7 Å². The van der Waals surface area contributed by atoms with Crippen LogP contribution in [0.2, 0.25) is 5.02 Å². The zero-order valence-electron chi connectivity index (χ0n) is 12.7. The SMILES string of the molecule is C[C@H]1C(=O)NCCCN1C(=O)c1cc(-c2ccc(Cl)cc2)n[nH]1. The second kappa shape index (κ2) is 6.42. The molecule has 120 valence electrons. The van der Waals surface area contributed by atoms with Crippen molar-refractivity contribution in [3.63, 3.8) is 0 Å². The molecule has 0 spiro atoms. The average molecular weight is 333 g/mol. The van der Waals surface area contributed by atoms with Crippen LogP contribution in [0.25, 0.3) is 11.3 Å². The molecule has 2 heterocycles. The van der Waals surface area contributed by atoms with Crippen LogP contribution in [-0.4, -0.2) is 46.0 Å². The Bertz CT molecular complexity index is 726. The molecule has 0 bridgehead atoms. The number of hydrogen-bond acceptors (Lipinski definition) is 3. The maximum absolute atomic E-state index is 12.7. The summed E-state index contributed by atoms with van der Waals surface area (Å²) in [6.07, 6.45) is 0.736. The van der Waals surface area contributed by atoms with E-state index >= 15 is 0 Å². The molecule has 1 aromatic carbocycles. The molecular formula is C16H17ClN4O2. The quantitative estimate of drug-likeness (QED) is 0.883. The summed E-state index contributed by atoms with van der Waals surface area (Å²) in [6.45, 7) is 2.86. The Labute approximate surface area is 138 Å². The largest absolute Gasteiger partial charge is 0.354 e. The number of rotatable bonds is 2. The van der Waals surface area contributed by atoms with Crippen molar-refractivity contribution in [2.24, 2.45) is 0 Å². The van der Waals surface area contributed by atoms with E-state index in [1.54, 1.807) is 30.0 Å². The summed E-state index contributed by atoms with van der Waals surface area (Å²) in [5.41, 5.74) is 1.90. The third kappa shape index (κ3) is 3.22. The molecule has 1 aromatic heterocycles. The second-order valence-electron chi connectivity index (χ2n) is 5.49. The van der Waals surface area contributed by atoms with E-state index in [2.05, 4.69) is 15.5 Å². The standard InChI is InChI=1S/C16H17ClN4O2/c1-10-15(22)18-7-2-8-21(10)16(23)14-9-13(19-20-14)11-3-5-12(17)6-4-11/h3-6,9-10H,2,7-8H2,1H3,(H,18,22)(H,19,20)/t10-/m0/s1. The Morgan fingerprint density at radius 3 is 2.83 bits per heavy atom. The number of amides is 2. The lowest BCUT2D eigenvalue weighted by atomic mass is 10.1. The summed E-state index contributed by atoms with van der Waals surface area (Å²) in [6, 6.07) is 8.43. The van der Waals surface area contributed by atoms with E-state index < -0.39 is 6.04 Å². The highest BCUT2D eigenvalue weighted by atomic mass is 35.5.